The predicted molar refractivity (Wildman–Crippen MR) is 93.8 cm³/mol. The molecule has 0 radical (unpaired) electrons. The summed E-state index contributed by atoms with van der Waals surface area (Å²) in [7, 11) is -9.77. The third kappa shape index (κ3) is 5.18. The lowest BCUT2D eigenvalue weighted by atomic mass is 10.1. The van der Waals surface area contributed by atoms with E-state index < -0.39 is 15.6 Å². The second-order valence-corrected chi connectivity index (χ2v) is 8.49. The van der Waals surface area contributed by atoms with E-state index in [1.807, 2.05) is 0 Å². The van der Waals surface area contributed by atoms with E-state index in [0.29, 0.717) is 11.1 Å². The standard InChI is InChI=1S/C16H20O7P2/c1-11-7-5-9-15(13(11)3)21-24(17,18)23-25(19,20)22-16-10-6-8-12(2)14(16)4/h5-10H,1-4H3,(H,17,18)(H,19,20). The lowest BCUT2D eigenvalue weighted by Crippen LogP contribution is -2.02. The van der Waals surface area contributed by atoms with Crippen molar-refractivity contribution in [2.75, 3.05) is 0 Å². The molecule has 2 rings (SSSR count). The molecule has 2 aromatic carbocycles. The van der Waals surface area contributed by atoms with Crippen LogP contribution < -0.4 is 9.05 Å². The lowest BCUT2D eigenvalue weighted by molar-refractivity contribution is 0.233. The molecule has 0 heterocycles. The highest BCUT2D eigenvalue weighted by Gasteiger charge is 2.38. The third-order valence-corrected chi connectivity index (χ3v) is 6.25. The van der Waals surface area contributed by atoms with Crippen molar-refractivity contribution in [3.63, 3.8) is 0 Å². The van der Waals surface area contributed by atoms with Crippen LogP contribution in [0.3, 0.4) is 0 Å². The van der Waals surface area contributed by atoms with Crippen LogP contribution in [0.5, 0.6) is 11.5 Å². The maximum atomic E-state index is 12.1. The predicted octanol–water partition coefficient (Wildman–Crippen LogP) is 4.60. The SMILES string of the molecule is Cc1cccc(OP(=O)(O)OP(=O)(O)Oc2cccc(C)c2C)c1C. The summed E-state index contributed by atoms with van der Waals surface area (Å²) in [6.45, 7) is 6.98. The van der Waals surface area contributed by atoms with Crippen LogP contribution in [0.25, 0.3) is 0 Å². The zero-order valence-corrected chi connectivity index (χ0v) is 16.1. The van der Waals surface area contributed by atoms with E-state index in [1.54, 1.807) is 52.0 Å². The average molecular weight is 386 g/mol. The zero-order valence-electron chi connectivity index (χ0n) is 14.3. The van der Waals surface area contributed by atoms with Crippen molar-refractivity contribution in [3.8, 4) is 11.5 Å². The molecule has 0 aliphatic carbocycles. The monoisotopic (exact) mass is 386 g/mol. The highest BCUT2D eigenvalue weighted by atomic mass is 31.3. The summed E-state index contributed by atoms with van der Waals surface area (Å²) in [5.74, 6) is 0.162. The van der Waals surface area contributed by atoms with Crippen LogP contribution >= 0.6 is 15.6 Å². The van der Waals surface area contributed by atoms with E-state index in [-0.39, 0.29) is 11.5 Å². The van der Waals surface area contributed by atoms with E-state index in [2.05, 4.69) is 4.31 Å². The first-order chi connectivity index (χ1) is 11.5. The van der Waals surface area contributed by atoms with E-state index in [1.165, 1.54) is 12.1 Å². The molecule has 2 N–H and O–H groups in total. The second kappa shape index (κ2) is 7.32. The van der Waals surface area contributed by atoms with Gasteiger partial charge in [-0.2, -0.15) is 4.31 Å². The Morgan fingerprint density at radius 3 is 1.44 bits per heavy atom. The van der Waals surface area contributed by atoms with Gasteiger partial charge in [-0.25, -0.2) is 9.13 Å². The van der Waals surface area contributed by atoms with Crippen molar-refractivity contribution in [1.29, 1.82) is 0 Å². The molecule has 136 valence electrons. The van der Waals surface area contributed by atoms with Gasteiger partial charge in [-0.1, -0.05) is 24.3 Å². The fourth-order valence-corrected chi connectivity index (χ4v) is 4.26. The smallest absolute Gasteiger partial charge is 0.404 e. The van der Waals surface area contributed by atoms with Crippen molar-refractivity contribution in [3.05, 3.63) is 58.7 Å². The van der Waals surface area contributed by atoms with Crippen molar-refractivity contribution in [1.82, 2.24) is 0 Å². The number of hydrogen-bond acceptors (Lipinski definition) is 5. The number of benzene rings is 2. The Balaban J connectivity index is 2.18. The topological polar surface area (TPSA) is 102 Å². The highest BCUT2D eigenvalue weighted by molar-refractivity contribution is 7.61. The van der Waals surface area contributed by atoms with Gasteiger partial charge in [-0.15, -0.1) is 0 Å². The summed E-state index contributed by atoms with van der Waals surface area (Å²) < 4.78 is 38.4. The Hall–Kier alpha value is -1.62. The fourth-order valence-electron chi connectivity index (χ4n) is 2.06. The van der Waals surface area contributed by atoms with Crippen LogP contribution in [0.1, 0.15) is 22.3 Å². The Labute approximate surface area is 146 Å². The molecule has 9 heteroatoms. The van der Waals surface area contributed by atoms with Gasteiger partial charge < -0.3 is 9.05 Å². The van der Waals surface area contributed by atoms with E-state index in [9.17, 15) is 18.9 Å². The van der Waals surface area contributed by atoms with Gasteiger partial charge in [0.2, 0.25) is 0 Å². The minimum Gasteiger partial charge on any atom is -0.404 e. The molecule has 25 heavy (non-hydrogen) atoms. The Kier molecular flexibility index (Phi) is 5.77. The van der Waals surface area contributed by atoms with Gasteiger partial charge in [0, 0.05) is 0 Å². The molecule has 7 nitrogen and oxygen atoms in total. The maximum absolute atomic E-state index is 12.1. The van der Waals surface area contributed by atoms with Crippen molar-refractivity contribution in [2.24, 2.45) is 0 Å². The summed E-state index contributed by atoms with van der Waals surface area (Å²) in [6.07, 6.45) is 0. The van der Waals surface area contributed by atoms with Crippen molar-refractivity contribution in [2.45, 2.75) is 27.7 Å². The van der Waals surface area contributed by atoms with Gasteiger partial charge in [0.25, 0.3) is 0 Å². The van der Waals surface area contributed by atoms with Crippen molar-refractivity contribution < 1.29 is 32.3 Å². The van der Waals surface area contributed by atoms with Crippen LogP contribution in [0.15, 0.2) is 36.4 Å². The third-order valence-electron chi connectivity index (χ3n) is 3.74. The number of hydrogen-bond donors (Lipinski definition) is 2. The highest BCUT2D eigenvalue weighted by Crippen LogP contribution is 2.60. The van der Waals surface area contributed by atoms with Crippen molar-refractivity contribution >= 4 is 15.6 Å². The molecule has 0 bridgehead atoms. The summed E-state index contributed by atoms with van der Waals surface area (Å²) in [4.78, 5) is 19.6. The van der Waals surface area contributed by atoms with Gasteiger partial charge >= 0.3 is 15.6 Å². The first kappa shape index (κ1) is 19.7. The quantitative estimate of drug-likeness (QED) is 0.700. The maximum Gasteiger partial charge on any atom is 0.537 e. The Morgan fingerprint density at radius 1 is 0.720 bits per heavy atom. The van der Waals surface area contributed by atoms with E-state index in [0.717, 1.165) is 11.1 Å². The van der Waals surface area contributed by atoms with Crippen LogP contribution in [-0.2, 0) is 13.4 Å². The minimum absolute atomic E-state index is 0.0811. The molecular formula is C16H20O7P2. The molecule has 0 aliphatic rings. The summed E-state index contributed by atoms with van der Waals surface area (Å²) in [6, 6.07) is 9.77. The van der Waals surface area contributed by atoms with Gasteiger partial charge in [0.05, 0.1) is 0 Å². The molecule has 2 unspecified atom stereocenters. The number of phosphoric acid groups is 2. The molecule has 0 saturated carbocycles. The average Bonchev–Trinajstić information content (AvgIpc) is 2.47. The molecule has 2 atom stereocenters. The van der Waals surface area contributed by atoms with Gasteiger partial charge in [-0.3, -0.25) is 9.79 Å². The van der Waals surface area contributed by atoms with E-state index >= 15 is 0 Å². The number of rotatable bonds is 6. The Bertz CT molecular complexity index is 807. The number of phosphoric ester groups is 2. The first-order valence-corrected chi connectivity index (χ1v) is 10.4. The zero-order chi connectivity index (χ0) is 18.8. The summed E-state index contributed by atoms with van der Waals surface area (Å²) in [5, 5.41) is 0. The normalized spacial score (nSPS) is 15.9. The fraction of sp³-hybridized carbons (Fsp3) is 0.250. The molecule has 2 aromatic rings. The van der Waals surface area contributed by atoms with Crippen LogP contribution in [0.2, 0.25) is 0 Å². The molecule has 0 amide bonds. The van der Waals surface area contributed by atoms with Gasteiger partial charge in [0.1, 0.15) is 11.5 Å². The molecular weight excluding hydrogens is 366 g/mol. The first-order valence-electron chi connectivity index (χ1n) is 7.39. The largest absolute Gasteiger partial charge is 0.537 e. The Morgan fingerprint density at radius 2 is 1.08 bits per heavy atom. The second-order valence-electron chi connectivity index (χ2n) is 5.60. The van der Waals surface area contributed by atoms with Gasteiger partial charge in [0.15, 0.2) is 0 Å². The molecule has 0 aliphatic heterocycles. The van der Waals surface area contributed by atoms with Gasteiger partial charge in [-0.05, 0) is 62.1 Å². The molecule has 0 saturated heterocycles. The molecule has 0 aromatic heterocycles. The van der Waals surface area contributed by atoms with Crippen LogP contribution in [0, 0.1) is 27.7 Å². The van der Waals surface area contributed by atoms with E-state index in [4.69, 9.17) is 9.05 Å². The molecule has 0 spiro atoms. The van der Waals surface area contributed by atoms with Crippen LogP contribution in [-0.4, -0.2) is 9.79 Å². The van der Waals surface area contributed by atoms with Crippen LogP contribution in [0.4, 0.5) is 0 Å². The summed E-state index contributed by atoms with van der Waals surface area (Å²) >= 11 is 0. The molecule has 0 fully saturated rings. The number of aryl methyl sites for hydroxylation is 2. The minimum atomic E-state index is -4.88. The lowest BCUT2D eigenvalue weighted by Gasteiger charge is -2.19. The summed E-state index contributed by atoms with van der Waals surface area (Å²) in [5.41, 5.74) is 2.89.